The van der Waals surface area contributed by atoms with Gasteiger partial charge in [0, 0.05) is 5.56 Å². The Labute approximate surface area is 77.7 Å². The molecule has 0 aromatic heterocycles. The predicted octanol–water partition coefficient (Wildman–Crippen LogP) is 1.57. The lowest BCUT2D eigenvalue weighted by molar-refractivity contribution is 0.333. The van der Waals surface area contributed by atoms with Crippen molar-refractivity contribution in [1.29, 1.82) is 0 Å². The van der Waals surface area contributed by atoms with Crippen LogP contribution in [0.1, 0.15) is 29.2 Å². The highest BCUT2D eigenvalue weighted by molar-refractivity contribution is 5.48. The van der Waals surface area contributed by atoms with Crippen LogP contribution in [0, 0.1) is 0 Å². The zero-order valence-corrected chi connectivity index (χ0v) is 7.55. The molecule has 1 atom stereocenters. The summed E-state index contributed by atoms with van der Waals surface area (Å²) in [5.74, 6) is 1.02. The van der Waals surface area contributed by atoms with Crippen LogP contribution in [0.3, 0.4) is 0 Å². The van der Waals surface area contributed by atoms with Crippen molar-refractivity contribution < 1.29 is 4.74 Å². The summed E-state index contributed by atoms with van der Waals surface area (Å²) in [7, 11) is 0. The van der Waals surface area contributed by atoms with Gasteiger partial charge in [0.25, 0.3) is 0 Å². The molecule has 0 spiro atoms. The molecule has 0 saturated carbocycles. The zero-order chi connectivity index (χ0) is 8.84. The quantitative estimate of drug-likeness (QED) is 0.649. The van der Waals surface area contributed by atoms with Gasteiger partial charge in [-0.15, -0.1) is 0 Å². The normalized spacial score (nSPS) is 23.9. The van der Waals surface area contributed by atoms with E-state index in [9.17, 15) is 0 Å². The van der Waals surface area contributed by atoms with Gasteiger partial charge >= 0.3 is 0 Å². The summed E-state index contributed by atoms with van der Waals surface area (Å²) in [5, 5.41) is 0. The van der Waals surface area contributed by atoms with E-state index in [-0.39, 0.29) is 6.04 Å². The lowest BCUT2D eigenvalue weighted by atomic mass is 10.0. The van der Waals surface area contributed by atoms with Crippen LogP contribution in [0.25, 0.3) is 0 Å². The maximum Gasteiger partial charge on any atom is 0.124 e. The van der Waals surface area contributed by atoms with Crippen LogP contribution in [-0.2, 0) is 12.8 Å². The molecule has 3 rings (SSSR count). The van der Waals surface area contributed by atoms with Gasteiger partial charge in [-0.1, -0.05) is 6.07 Å². The van der Waals surface area contributed by atoms with E-state index in [2.05, 4.69) is 12.1 Å². The number of ether oxygens (including phenoxy) is 1. The lowest BCUT2D eigenvalue weighted by Crippen LogP contribution is -2.10. The Morgan fingerprint density at radius 1 is 1.23 bits per heavy atom. The molecule has 1 aromatic carbocycles. The van der Waals surface area contributed by atoms with Crippen LogP contribution in [0.5, 0.6) is 5.75 Å². The zero-order valence-electron chi connectivity index (χ0n) is 7.55. The number of aryl methyl sites for hydroxylation is 2. The molecule has 2 aliphatic rings. The molecule has 68 valence electrons. The summed E-state index contributed by atoms with van der Waals surface area (Å²) in [5.41, 5.74) is 10.1. The molecule has 0 saturated heterocycles. The first-order valence-electron chi connectivity index (χ1n) is 4.88. The number of fused-ring (bicyclic) bond motifs is 2. The van der Waals surface area contributed by atoms with E-state index < -0.39 is 0 Å². The minimum Gasteiger partial charge on any atom is -0.491 e. The Balaban J connectivity index is 2.16. The van der Waals surface area contributed by atoms with Crippen molar-refractivity contribution in [1.82, 2.24) is 0 Å². The third-order valence-electron chi connectivity index (χ3n) is 3.04. The van der Waals surface area contributed by atoms with E-state index in [0.29, 0.717) is 6.61 Å². The summed E-state index contributed by atoms with van der Waals surface area (Å²) in [4.78, 5) is 0. The molecule has 0 fully saturated rings. The van der Waals surface area contributed by atoms with Gasteiger partial charge in [-0.3, -0.25) is 0 Å². The van der Waals surface area contributed by atoms with Crippen molar-refractivity contribution in [3.63, 3.8) is 0 Å². The highest BCUT2D eigenvalue weighted by Crippen LogP contribution is 2.36. The summed E-state index contributed by atoms with van der Waals surface area (Å²) in [6.45, 7) is 0.651. The fourth-order valence-electron chi connectivity index (χ4n) is 2.30. The number of hydrogen-bond donors (Lipinski definition) is 1. The Kier molecular flexibility index (Phi) is 1.41. The van der Waals surface area contributed by atoms with E-state index in [1.54, 1.807) is 0 Å². The van der Waals surface area contributed by atoms with Crippen LogP contribution in [0.2, 0.25) is 0 Å². The van der Waals surface area contributed by atoms with E-state index in [4.69, 9.17) is 10.5 Å². The van der Waals surface area contributed by atoms with Crippen LogP contribution < -0.4 is 10.5 Å². The molecule has 0 radical (unpaired) electrons. The number of nitrogens with two attached hydrogens (primary N) is 1. The van der Waals surface area contributed by atoms with Crippen molar-refractivity contribution in [2.24, 2.45) is 5.73 Å². The Morgan fingerprint density at radius 3 is 2.85 bits per heavy atom. The maximum atomic E-state index is 5.92. The molecule has 0 unspecified atom stereocenters. The first-order chi connectivity index (χ1) is 6.34. The Morgan fingerprint density at radius 2 is 2.00 bits per heavy atom. The first kappa shape index (κ1) is 7.39. The van der Waals surface area contributed by atoms with Crippen LogP contribution >= 0.6 is 0 Å². The smallest absolute Gasteiger partial charge is 0.124 e. The van der Waals surface area contributed by atoms with Gasteiger partial charge in [0.1, 0.15) is 12.4 Å². The van der Waals surface area contributed by atoms with Crippen LogP contribution in [0.4, 0.5) is 0 Å². The monoisotopic (exact) mass is 175 g/mol. The van der Waals surface area contributed by atoms with Crippen molar-refractivity contribution in [3.8, 4) is 5.75 Å². The second-order valence-electron chi connectivity index (χ2n) is 3.93. The standard InChI is InChI=1S/C11H13NO/c12-10-6-13-11-5-8-3-1-2-7(8)4-9(10)11/h4-5,10H,1-3,6,12H2/t10-/m0/s1. The van der Waals surface area contributed by atoms with Crippen LogP contribution in [0.15, 0.2) is 12.1 Å². The van der Waals surface area contributed by atoms with Crippen molar-refractivity contribution in [2.75, 3.05) is 6.61 Å². The highest BCUT2D eigenvalue weighted by atomic mass is 16.5. The Hall–Kier alpha value is -1.02. The molecule has 1 aliphatic heterocycles. The predicted molar refractivity (Wildman–Crippen MR) is 50.9 cm³/mol. The fraction of sp³-hybridized carbons (Fsp3) is 0.455. The molecule has 0 bridgehead atoms. The molecule has 1 aromatic rings. The van der Waals surface area contributed by atoms with Gasteiger partial charge in [-0.25, -0.2) is 0 Å². The summed E-state index contributed by atoms with van der Waals surface area (Å²) in [6, 6.07) is 4.53. The largest absolute Gasteiger partial charge is 0.491 e. The number of hydrogen-bond acceptors (Lipinski definition) is 2. The van der Waals surface area contributed by atoms with Gasteiger partial charge in [-0.05, 0) is 36.5 Å². The van der Waals surface area contributed by atoms with E-state index in [1.807, 2.05) is 0 Å². The SMILES string of the molecule is N[C@H]1COc2cc3c(cc21)CCC3. The third kappa shape index (κ3) is 0.985. The second-order valence-corrected chi connectivity index (χ2v) is 3.93. The van der Waals surface area contributed by atoms with E-state index in [0.717, 1.165) is 5.75 Å². The average molecular weight is 175 g/mol. The van der Waals surface area contributed by atoms with Crippen molar-refractivity contribution in [3.05, 3.63) is 28.8 Å². The second kappa shape index (κ2) is 2.48. The maximum absolute atomic E-state index is 5.92. The molecule has 2 heteroatoms. The fourth-order valence-corrected chi connectivity index (χ4v) is 2.30. The molecular weight excluding hydrogens is 162 g/mol. The molecule has 0 amide bonds. The molecule has 13 heavy (non-hydrogen) atoms. The molecular formula is C11H13NO. The van der Waals surface area contributed by atoms with Gasteiger partial charge in [0.2, 0.25) is 0 Å². The molecule has 1 aliphatic carbocycles. The lowest BCUT2D eigenvalue weighted by Gasteiger charge is -2.04. The Bertz CT molecular complexity index is 359. The first-order valence-corrected chi connectivity index (χ1v) is 4.88. The highest BCUT2D eigenvalue weighted by Gasteiger charge is 2.23. The minimum atomic E-state index is 0.0981. The van der Waals surface area contributed by atoms with Crippen molar-refractivity contribution in [2.45, 2.75) is 25.3 Å². The minimum absolute atomic E-state index is 0.0981. The van der Waals surface area contributed by atoms with Gasteiger partial charge in [0.15, 0.2) is 0 Å². The van der Waals surface area contributed by atoms with Gasteiger partial charge in [-0.2, -0.15) is 0 Å². The molecule has 1 heterocycles. The van der Waals surface area contributed by atoms with E-state index >= 15 is 0 Å². The van der Waals surface area contributed by atoms with Crippen molar-refractivity contribution >= 4 is 0 Å². The third-order valence-corrected chi connectivity index (χ3v) is 3.04. The summed E-state index contributed by atoms with van der Waals surface area (Å²) >= 11 is 0. The molecule has 2 N–H and O–H groups in total. The van der Waals surface area contributed by atoms with Crippen LogP contribution in [-0.4, -0.2) is 6.61 Å². The van der Waals surface area contributed by atoms with Gasteiger partial charge in [0.05, 0.1) is 6.04 Å². The summed E-state index contributed by atoms with van der Waals surface area (Å²) in [6.07, 6.45) is 3.71. The topological polar surface area (TPSA) is 35.2 Å². The number of rotatable bonds is 0. The number of benzene rings is 1. The summed E-state index contributed by atoms with van der Waals surface area (Å²) < 4.78 is 5.51. The van der Waals surface area contributed by atoms with E-state index in [1.165, 1.54) is 36.0 Å². The average Bonchev–Trinajstić information content (AvgIpc) is 2.70. The van der Waals surface area contributed by atoms with Gasteiger partial charge < -0.3 is 10.5 Å². The molecule has 2 nitrogen and oxygen atoms in total.